The summed E-state index contributed by atoms with van der Waals surface area (Å²) in [4.78, 5) is 12.0. The highest BCUT2D eigenvalue weighted by atomic mass is 19.1. The summed E-state index contributed by atoms with van der Waals surface area (Å²) in [6, 6.07) is 10.4. The highest BCUT2D eigenvalue weighted by Gasteiger charge is 2.32. The van der Waals surface area contributed by atoms with Gasteiger partial charge < -0.3 is 24.9 Å². The van der Waals surface area contributed by atoms with E-state index in [1.54, 1.807) is 24.4 Å². The van der Waals surface area contributed by atoms with E-state index in [0.29, 0.717) is 41.2 Å². The van der Waals surface area contributed by atoms with Crippen LogP contribution in [0.3, 0.4) is 0 Å². The Morgan fingerprint density at radius 1 is 1.05 bits per heavy atom. The number of aryl methyl sites for hydroxylation is 2. The number of nitriles is 1. The third-order valence-corrected chi connectivity index (χ3v) is 8.81. The van der Waals surface area contributed by atoms with Gasteiger partial charge in [-0.3, -0.25) is 0 Å². The molecule has 2 aromatic carbocycles. The normalized spacial score (nSPS) is 16.0. The zero-order chi connectivity index (χ0) is 29.8. The van der Waals surface area contributed by atoms with Crippen molar-refractivity contribution in [2.75, 3.05) is 18.0 Å². The number of hydrogen-bond acceptors (Lipinski definition) is 6. The number of anilines is 1. The van der Waals surface area contributed by atoms with Crippen molar-refractivity contribution in [3.63, 3.8) is 0 Å². The lowest BCUT2D eigenvalue weighted by molar-refractivity contribution is 0.475. The second kappa shape index (κ2) is 10.5. The molecule has 5 heterocycles. The minimum atomic E-state index is -0.674. The highest BCUT2D eigenvalue weighted by Crippen LogP contribution is 2.49. The van der Waals surface area contributed by atoms with E-state index in [2.05, 4.69) is 21.7 Å². The van der Waals surface area contributed by atoms with Gasteiger partial charge in [-0.1, -0.05) is 12.1 Å². The Morgan fingerprint density at radius 2 is 1.81 bits per heavy atom. The molecule has 0 saturated carbocycles. The third-order valence-electron chi connectivity index (χ3n) is 8.81. The molecular weight excluding hydrogens is 548 g/mol. The molecule has 43 heavy (non-hydrogen) atoms. The van der Waals surface area contributed by atoms with Crippen LogP contribution in [0.4, 0.5) is 14.5 Å². The van der Waals surface area contributed by atoms with Gasteiger partial charge in [-0.25, -0.2) is 18.7 Å². The number of fused-ring (bicyclic) bond motifs is 2. The van der Waals surface area contributed by atoms with Gasteiger partial charge in [-0.05, 0) is 49.9 Å². The van der Waals surface area contributed by atoms with E-state index in [1.807, 2.05) is 17.7 Å². The molecule has 4 aliphatic rings. The number of phenols is 1. The van der Waals surface area contributed by atoms with Crippen molar-refractivity contribution in [1.82, 2.24) is 19.1 Å². The number of rotatable bonds is 5. The predicted octanol–water partition coefficient (Wildman–Crippen LogP) is 5.86. The molecule has 0 aliphatic carbocycles. The Labute approximate surface area is 248 Å². The topological polar surface area (TPSA) is 109 Å². The first kappa shape index (κ1) is 27.1. The number of piperidine rings is 1. The Kier molecular flexibility index (Phi) is 6.62. The van der Waals surface area contributed by atoms with Gasteiger partial charge in [-0.2, -0.15) is 5.26 Å². The van der Waals surface area contributed by atoms with Gasteiger partial charge in [0.05, 0.1) is 28.6 Å². The molecule has 1 fully saturated rings. The number of aromatic hydroxyl groups is 1. The number of nitrogens with two attached hydrogens (primary N) is 1. The van der Waals surface area contributed by atoms with Crippen molar-refractivity contribution < 1.29 is 13.9 Å². The van der Waals surface area contributed by atoms with Crippen LogP contribution in [0.2, 0.25) is 0 Å². The minimum Gasteiger partial charge on any atom is -0.506 e. The van der Waals surface area contributed by atoms with Crippen molar-refractivity contribution in [3.8, 4) is 45.5 Å². The van der Waals surface area contributed by atoms with Crippen LogP contribution in [0.25, 0.3) is 33.6 Å². The van der Waals surface area contributed by atoms with Gasteiger partial charge in [0.2, 0.25) is 0 Å². The van der Waals surface area contributed by atoms with Crippen LogP contribution in [-0.4, -0.2) is 43.3 Å². The Morgan fingerprint density at radius 3 is 2.53 bits per heavy atom. The lowest BCUT2D eigenvalue weighted by Crippen LogP contribution is -2.40. The molecule has 0 radical (unpaired) electrons. The fourth-order valence-electron chi connectivity index (χ4n) is 6.54. The molecular formula is C33H31F2N7O. The van der Waals surface area contributed by atoms with E-state index in [-0.39, 0.29) is 23.4 Å². The summed E-state index contributed by atoms with van der Waals surface area (Å²) in [5, 5.41) is 20.8. The molecule has 0 bridgehead atoms. The number of aromatic nitrogens is 4. The van der Waals surface area contributed by atoms with E-state index < -0.39 is 11.6 Å². The van der Waals surface area contributed by atoms with E-state index in [9.17, 15) is 19.1 Å². The van der Waals surface area contributed by atoms with E-state index in [0.717, 1.165) is 61.1 Å². The lowest BCUT2D eigenvalue weighted by Gasteiger charge is -2.36. The fraction of sp³-hybridized carbons (Fsp3) is 0.303. The number of nitrogens with zero attached hydrogens (tertiary/aromatic N) is 6. The molecule has 8 nitrogen and oxygen atoms in total. The van der Waals surface area contributed by atoms with Gasteiger partial charge >= 0.3 is 0 Å². The number of phenolic OH excluding ortho intramolecular Hbond substituents is 1. The van der Waals surface area contributed by atoms with Crippen molar-refractivity contribution in [2.24, 2.45) is 5.73 Å². The number of benzene rings is 2. The number of imidazole rings is 1. The fourth-order valence-corrected chi connectivity index (χ4v) is 6.54. The minimum absolute atomic E-state index is 0.0620. The van der Waals surface area contributed by atoms with Gasteiger partial charge in [0.15, 0.2) is 0 Å². The zero-order valence-electron chi connectivity index (χ0n) is 23.8. The van der Waals surface area contributed by atoms with Crippen LogP contribution in [0.5, 0.6) is 5.75 Å². The number of halogens is 2. The smallest absolute Gasteiger partial charge is 0.143 e. The van der Waals surface area contributed by atoms with Crippen LogP contribution in [0, 0.1) is 23.0 Å². The maximum atomic E-state index is 14.7. The monoisotopic (exact) mass is 579 g/mol. The van der Waals surface area contributed by atoms with Crippen molar-refractivity contribution in [2.45, 2.75) is 51.2 Å². The first-order valence-corrected chi connectivity index (χ1v) is 14.6. The number of hydrogen-bond donors (Lipinski definition) is 2. The average Bonchev–Trinajstić information content (AvgIpc) is 3.72. The summed E-state index contributed by atoms with van der Waals surface area (Å²) in [5.41, 5.74) is 10.9. The molecule has 218 valence electrons. The van der Waals surface area contributed by atoms with Crippen LogP contribution < -0.4 is 10.6 Å². The molecule has 1 saturated heterocycles. The van der Waals surface area contributed by atoms with Crippen LogP contribution in [0.1, 0.15) is 49.3 Å². The molecule has 1 aromatic heterocycles. The summed E-state index contributed by atoms with van der Waals surface area (Å²) in [6.07, 6.45) is 9.18. The molecule has 1 unspecified atom stereocenters. The second-order valence-corrected chi connectivity index (χ2v) is 11.5. The number of para-hydroxylation sites is 1. The molecule has 0 amide bonds. The molecule has 1 atom stereocenters. The summed E-state index contributed by atoms with van der Waals surface area (Å²) in [7, 11) is 0. The molecule has 3 N–H and O–H groups in total. The molecule has 4 aliphatic heterocycles. The third kappa shape index (κ3) is 4.61. The summed E-state index contributed by atoms with van der Waals surface area (Å²) in [6.45, 7) is 4.24. The standard InChI is InChI=1S/C33H31F2N7O/c1-19(28-18-41-9-3-6-29(41)39-28)42-17-27(21-12-22(34)14-23(35)13-21)31(40-10-7-24(37)8-11-40)30-26(16-38-33(30)42)25-5-2-4-20(15-36)32(25)43/h2,4-5,12-14,16-19,24,43H,3,6-11,37H2,1H3. The SMILES string of the molecule is CC(c1cn2c(n1)CCC2)n1cc(-c2cc(F)cc(F)c2)c(N2CCC(N)CC2)c2c(-c3cccc(C#N)c3O)cnc1-2. The lowest BCUT2D eigenvalue weighted by atomic mass is 9.92. The summed E-state index contributed by atoms with van der Waals surface area (Å²) >= 11 is 0. The highest BCUT2D eigenvalue weighted by molar-refractivity contribution is 5.99. The van der Waals surface area contributed by atoms with Crippen molar-refractivity contribution >= 4 is 5.69 Å². The average molecular weight is 580 g/mol. The summed E-state index contributed by atoms with van der Waals surface area (Å²) in [5.74, 6) is 0.196. The van der Waals surface area contributed by atoms with Crippen molar-refractivity contribution in [3.05, 3.63) is 83.7 Å². The molecule has 10 heteroatoms. The first-order valence-electron chi connectivity index (χ1n) is 14.6. The predicted molar refractivity (Wildman–Crippen MR) is 160 cm³/mol. The van der Waals surface area contributed by atoms with E-state index in [4.69, 9.17) is 15.7 Å². The Bertz CT molecular complexity index is 1820. The largest absolute Gasteiger partial charge is 0.506 e. The van der Waals surface area contributed by atoms with Gasteiger partial charge in [0.25, 0.3) is 0 Å². The van der Waals surface area contributed by atoms with Crippen molar-refractivity contribution in [1.29, 1.82) is 5.26 Å². The van der Waals surface area contributed by atoms with Crippen LogP contribution >= 0.6 is 0 Å². The molecule has 0 spiro atoms. The Hall–Kier alpha value is -4.75. The number of pyridine rings is 1. The maximum absolute atomic E-state index is 14.7. The van der Waals surface area contributed by atoms with Crippen LogP contribution in [-0.2, 0) is 13.0 Å². The molecule has 7 rings (SSSR count). The Balaban J connectivity index is 1.53. The van der Waals surface area contributed by atoms with Gasteiger partial charge in [0.1, 0.15) is 35.1 Å². The van der Waals surface area contributed by atoms with Gasteiger partial charge in [-0.15, -0.1) is 0 Å². The van der Waals surface area contributed by atoms with E-state index in [1.165, 1.54) is 12.1 Å². The molecule has 3 aromatic rings. The summed E-state index contributed by atoms with van der Waals surface area (Å²) < 4.78 is 33.6. The van der Waals surface area contributed by atoms with Crippen LogP contribution in [0.15, 0.2) is 55.0 Å². The first-order chi connectivity index (χ1) is 20.8. The zero-order valence-corrected chi connectivity index (χ0v) is 23.8. The maximum Gasteiger partial charge on any atom is 0.143 e. The van der Waals surface area contributed by atoms with E-state index >= 15 is 0 Å². The van der Waals surface area contributed by atoms with Gasteiger partial charge in [0, 0.05) is 73.4 Å². The quantitative estimate of drug-likeness (QED) is 0.270. The second-order valence-electron chi connectivity index (χ2n) is 11.5.